The largest absolute Gasteiger partial charge is 0.279 e. The van der Waals surface area contributed by atoms with Crippen LogP contribution in [0.5, 0.6) is 0 Å². The fourth-order valence-electron chi connectivity index (χ4n) is 3.40. The Bertz CT molecular complexity index is 1290. The highest BCUT2D eigenvalue weighted by atomic mass is 35.5. The lowest BCUT2D eigenvalue weighted by molar-refractivity contribution is 0.0951. The van der Waals surface area contributed by atoms with E-state index in [0.717, 1.165) is 27.5 Å². The monoisotopic (exact) mass is 419 g/mol. The lowest BCUT2D eigenvalue weighted by atomic mass is 10.2. The second-order valence-corrected chi connectivity index (χ2v) is 7.78. The Morgan fingerprint density at radius 1 is 0.897 bits per heavy atom. The number of hydrogen-bond donors (Lipinski definition) is 0. The van der Waals surface area contributed by atoms with E-state index in [-0.39, 0.29) is 11.7 Å². The van der Waals surface area contributed by atoms with Crippen LogP contribution in [0.25, 0.3) is 27.5 Å². The zero-order chi connectivity index (χ0) is 19.8. The summed E-state index contributed by atoms with van der Waals surface area (Å²) in [6, 6.07) is 23.1. The molecule has 3 aromatic carbocycles. The van der Waals surface area contributed by atoms with Crippen LogP contribution in [0.15, 0.2) is 78.0 Å². The second-order valence-electron chi connectivity index (χ2n) is 6.40. The molecule has 0 saturated carbocycles. The Hall–Kier alpha value is -3.16. The van der Waals surface area contributed by atoms with Crippen molar-refractivity contribution >= 4 is 51.1 Å². The van der Waals surface area contributed by atoms with E-state index >= 15 is 0 Å². The first-order valence-corrected chi connectivity index (χ1v) is 10.3. The number of tetrazole rings is 1. The van der Waals surface area contributed by atoms with Gasteiger partial charge in [0, 0.05) is 15.8 Å². The van der Waals surface area contributed by atoms with Crippen LogP contribution in [0.2, 0.25) is 5.02 Å². The van der Waals surface area contributed by atoms with Gasteiger partial charge < -0.3 is 0 Å². The molecular weight excluding hydrogens is 406 g/mol. The standard InChI is InChI=1S/C21H14ClN5OS/c22-14-9-11-15(12-10-14)27-21(23-24-25-27)29-13-20(28)26-18-7-3-1-5-16(18)17-6-2-4-8-19(17)26/h1-12H,13H2. The van der Waals surface area contributed by atoms with Crippen LogP contribution in [0, 0.1) is 0 Å². The number of thioether (sulfide) groups is 1. The molecule has 0 saturated heterocycles. The fourth-order valence-corrected chi connectivity index (χ4v) is 4.26. The normalized spacial score (nSPS) is 11.3. The quantitative estimate of drug-likeness (QED) is 0.389. The molecule has 5 aromatic rings. The summed E-state index contributed by atoms with van der Waals surface area (Å²) in [7, 11) is 0. The molecule has 142 valence electrons. The van der Waals surface area contributed by atoms with E-state index in [1.165, 1.54) is 11.8 Å². The van der Waals surface area contributed by atoms with Gasteiger partial charge in [0.15, 0.2) is 0 Å². The number of nitrogens with zero attached hydrogens (tertiary/aromatic N) is 5. The third-order valence-electron chi connectivity index (χ3n) is 4.67. The highest BCUT2D eigenvalue weighted by molar-refractivity contribution is 7.99. The summed E-state index contributed by atoms with van der Waals surface area (Å²) in [5, 5.41) is 15.2. The smallest absolute Gasteiger partial charge is 0.242 e. The molecule has 0 unspecified atom stereocenters. The molecule has 5 rings (SSSR count). The van der Waals surface area contributed by atoms with Crippen molar-refractivity contribution in [2.75, 3.05) is 5.75 Å². The van der Waals surface area contributed by atoms with Gasteiger partial charge in [-0.15, -0.1) is 5.10 Å². The Morgan fingerprint density at radius 2 is 1.52 bits per heavy atom. The van der Waals surface area contributed by atoms with Crippen LogP contribution in [0.1, 0.15) is 4.79 Å². The van der Waals surface area contributed by atoms with E-state index in [9.17, 15) is 4.79 Å². The maximum absolute atomic E-state index is 13.2. The molecule has 0 aliphatic rings. The van der Waals surface area contributed by atoms with Crippen molar-refractivity contribution in [1.82, 2.24) is 24.8 Å². The first kappa shape index (κ1) is 17.9. The van der Waals surface area contributed by atoms with E-state index in [4.69, 9.17) is 11.6 Å². The number of carbonyl (C=O) groups is 1. The summed E-state index contributed by atoms with van der Waals surface area (Å²) in [5.74, 6) is 0.175. The number of aromatic nitrogens is 5. The van der Waals surface area contributed by atoms with Gasteiger partial charge in [0.2, 0.25) is 11.1 Å². The minimum absolute atomic E-state index is 0.0296. The zero-order valence-electron chi connectivity index (χ0n) is 15.1. The molecule has 0 atom stereocenters. The first-order chi connectivity index (χ1) is 14.2. The van der Waals surface area contributed by atoms with Gasteiger partial charge in [-0.25, -0.2) is 0 Å². The summed E-state index contributed by atoms with van der Waals surface area (Å²) in [5.41, 5.74) is 2.58. The van der Waals surface area contributed by atoms with Gasteiger partial charge in [0.05, 0.1) is 22.5 Å². The lowest BCUT2D eigenvalue weighted by Gasteiger charge is -2.07. The average molecular weight is 420 g/mol. The third-order valence-corrected chi connectivity index (χ3v) is 5.82. The number of carbonyl (C=O) groups excluding carboxylic acids is 1. The number of hydrogen-bond acceptors (Lipinski definition) is 5. The van der Waals surface area contributed by atoms with Crippen molar-refractivity contribution in [3.63, 3.8) is 0 Å². The molecule has 8 heteroatoms. The highest BCUT2D eigenvalue weighted by Gasteiger charge is 2.17. The molecule has 0 radical (unpaired) electrons. The van der Waals surface area contributed by atoms with Gasteiger partial charge in [0.25, 0.3) is 0 Å². The van der Waals surface area contributed by atoms with E-state index in [1.807, 2.05) is 60.7 Å². The van der Waals surface area contributed by atoms with E-state index in [0.29, 0.717) is 10.2 Å². The van der Waals surface area contributed by atoms with Crippen LogP contribution in [0.4, 0.5) is 0 Å². The van der Waals surface area contributed by atoms with Crippen molar-refractivity contribution in [3.8, 4) is 5.69 Å². The summed E-state index contributed by atoms with van der Waals surface area (Å²) in [4.78, 5) is 13.2. The Morgan fingerprint density at radius 3 is 2.17 bits per heavy atom. The minimum atomic E-state index is -0.0296. The average Bonchev–Trinajstić information content (AvgIpc) is 3.35. The SMILES string of the molecule is O=C(CSc1nnnn1-c1ccc(Cl)cc1)n1c2ccccc2c2ccccc21. The van der Waals surface area contributed by atoms with Gasteiger partial charge in [-0.2, -0.15) is 4.68 Å². The summed E-state index contributed by atoms with van der Waals surface area (Å²) >= 11 is 7.25. The van der Waals surface area contributed by atoms with Gasteiger partial charge >= 0.3 is 0 Å². The summed E-state index contributed by atoms with van der Waals surface area (Å²) in [6.07, 6.45) is 0. The number of para-hydroxylation sites is 2. The second kappa shape index (κ2) is 7.35. The third kappa shape index (κ3) is 3.18. The van der Waals surface area contributed by atoms with Crippen molar-refractivity contribution in [2.45, 2.75) is 5.16 Å². The number of benzene rings is 3. The topological polar surface area (TPSA) is 65.6 Å². The lowest BCUT2D eigenvalue weighted by Crippen LogP contribution is -2.13. The molecule has 0 N–H and O–H groups in total. The van der Waals surface area contributed by atoms with Gasteiger partial charge in [-0.05, 0) is 46.8 Å². The molecule has 29 heavy (non-hydrogen) atoms. The predicted octanol–water partition coefficient (Wildman–Crippen LogP) is 4.86. The molecule has 0 fully saturated rings. The number of halogens is 1. The van der Waals surface area contributed by atoms with Crippen molar-refractivity contribution in [3.05, 3.63) is 77.8 Å². The zero-order valence-corrected chi connectivity index (χ0v) is 16.6. The Labute approximate surface area is 175 Å². The van der Waals surface area contributed by atoms with Gasteiger partial charge in [-0.1, -0.05) is 59.8 Å². The molecule has 2 aromatic heterocycles. The number of fused-ring (bicyclic) bond motifs is 3. The predicted molar refractivity (Wildman–Crippen MR) is 115 cm³/mol. The van der Waals surface area contributed by atoms with E-state index < -0.39 is 0 Å². The van der Waals surface area contributed by atoms with Gasteiger partial charge in [-0.3, -0.25) is 9.36 Å². The van der Waals surface area contributed by atoms with Gasteiger partial charge in [0.1, 0.15) is 0 Å². The highest BCUT2D eigenvalue weighted by Crippen LogP contribution is 2.29. The summed E-state index contributed by atoms with van der Waals surface area (Å²) in [6.45, 7) is 0. The molecule has 2 heterocycles. The fraction of sp³-hybridized carbons (Fsp3) is 0.0476. The molecule has 0 amide bonds. The van der Waals surface area contributed by atoms with Crippen molar-refractivity contribution in [2.24, 2.45) is 0 Å². The van der Waals surface area contributed by atoms with Crippen LogP contribution < -0.4 is 0 Å². The van der Waals surface area contributed by atoms with E-state index in [2.05, 4.69) is 15.5 Å². The van der Waals surface area contributed by atoms with E-state index in [1.54, 1.807) is 21.4 Å². The number of rotatable bonds is 4. The molecule has 0 aliphatic carbocycles. The minimum Gasteiger partial charge on any atom is -0.279 e. The van der Waals surface area contributed by atoms with Crippen molar-refractivity contribution < 1.29 is 4.79 Å². The molecular formula is C21H14ClN5OS. The molecule has 6 nitrogen and oxygen atoms in total. The van der Waals surface area contributed by atoms with Crippen LogP contribution >= 0.6 is 23.4 Å². The molecule has 0 spiro atoms. The van der Waals surface area contributed by atoms with Crippen molar-refractivity contribution in [1.29, 1.82) is 0 Å². The molecule has 0 aliphatic heterocycles. The first-order valence-electron chi connectivity index (χ1n) is 8.91. The summed E-state index contributed by atoms with van der Waals surface area (Å²) < 4.78 is 3.37. The Kier molecular flexibility index (Phi) is 4.54. The van der Waals surface area contributed by atoms with Crippen LogP contribution in [-0.4, -0.2) is 36.4 Å². The maximum atomic E-state index is 13.2. The Balaban J connectivity index is 1.47. The molecule has 0 bridgehead atoms. The van der Waals surface area contributed by atoms with Crippen LogP contribution in [-0.2, 0) is 0 Å². The maximum Gasteiger partial charge on any atom is 0.242 e. The van der Waals surface area contributed by atoms with Crippen LogP contribution in [0.3, 0.4) is 0 Å².